The summed E-state index contributed by atoms with van der Waals surface area (Å²) in [5.41, 5.74) is 2.73. The summed E-state index contributed by atoms with van der Waals surface area (Å²) >= 11 is 6.61. The van der Waals surface area contributed by atoms with Crippen LogP contribution in [-0.4, -0.2) is 32.9 Å². The first-order valence-corrected chi connectivity index (χ1v) is 11.3. The van der Waals surface area contributed by atoms with Crippen LogP contribution in [0.4, 0.5) is 5.69 Å². The Morgan fingerprint density at radius 1 is 0.972 bits per heavy atom. The third kappa shape index (κ3) is 4.05. The maximum absolute atomic E-state index is 12.6. The van der Waals surface area contributed by atoms with E-state index in [4.69, 9.17) is 30.2 Å². The van der Waals surface area contributed by atoms with E-state index >= 15 is 0 Å². The molecule has 1 aromatic heterocycles. The van der Waals surface area contributed by atoms with E-state index in [-0.39, 0.29) is 24.4 Å². The standard InChI is InChI=1S/C27H20ClNO7/c1-33-26(31)16-8-9-17(27(32)34-2)22(10-16)29-13-20-24-19(11-21(28)25(20)35-14-29)18(12-23(30)36-24)15-6-4-3-5-7-15/h3-12H,13-14H2,1-2H3. The molecular formula is C27H20ClNO7. The molecule has 0 saturated heterocycles. The van der Waals surface area contributed by atoms with Crippen LogP contribution in [0, 0.1) is 0 Å². The number of carbonyl (C=O) groups excluding carboxylic acids is 2. The summed E-state index contributed by atoms with van der Waals surface area (Å²) in [6.07, 6.45) is 0. The number of benzene rings is 3. The fourth-order valence-corrected chi connectivity index (χ4v) is 4.60. The van der Waals surface area contributed by atoms with E-state index < -0.39 is 17.6 Å². The van der Waals surface area contributed by atoms with E-state index in [1.807, 2.05) is 30.3 Å². The lowest BCUT2D eigenvalue weighted by Crippen LogP contribution is -2.33. The van der Waals surface area contributed by atoms with Gasteiger partial charge in [0.15, 0.2) is 6.73 Å². The van der Waals surface area contributed by atoms with Gasteiger partial charge in [-0.2, -0.15) is 0 Å². The lowest BCUT2D eigenvalue weighted by Gasteiger charge is -2.32. The van der Waals surface area contributed by atoms with Crippen LogP contribution in [0.1, 0.15) is 26.3 Å². The number of carbonyl (C=O) groups is 2. The van der Waals surface area contributed by atoms with Crippen molar-refractivity contribution in [3.63, 3.8) is 0 Å². The molecule has 0 aliphatic carbocycles. The van der Waals surface area contributed by atoms with Crippen LogP contribution in [0.25, 0.3) is 22.1 Å². The zero-order valence-corrected chi connectivity index (χ0v) is 20.1. The number of rotatable bonds is 4. The highest BCUT2D eigenvalue weighted by molar-refractivity contribution is 6.33. The SMILES string of the molecule is COC(=O)c1ccc(C(=O)OC)c(N2COc3c(Cl)cc4c(-c5ccccc5)cc(=O)oc4c3C2)c1. The van der Waals surface area contributed by atoms with Gasteiger partial charge in [-0.3, -0.25) is 0 Å². The van der Waals surface area contributed by atoms with Crippen LogP contribution in [0.3, 0.4) is 0 Å². The van der Waals surface area contributed by atoms with Gasteiger partial charge in [-0.1, -0.05) is 41.9 Å². The molecule has 0 amide bonds. The van der Waals surface area contributed by atoms with Crippen molar-refractivity contribution in [2.24, 2.45) is 0 Å². The van der Waals surface area contributed by atoms with Crippen LogP contribution in [0.2, 0.25) is 5.02 Å². The molecule has 0 atom stereocenters. The molecule has 0 fully saturated rings. The predicted octanol–water partition coefficient (Wildman–Crippen LogP) is 5.04. The van der Waals surface area contributed by atoms with Gasteiger partial charge < -0.3 is 23.5 Å². The largest absolute Gasteiger partial charge is 0.471 e. The molecule has 5 rings (SSSR count). The minimum Gasteiger partial charge on any atom is -0.471 e. The van der Waals surface area contributed by atoms with Crippen LogP contribution in [-0.2, 0) is 16.0 Å². The van der Waals surface area contributed by atoms with Crippen LogP contribution < -0.4 is 15.3 Å². The summed E-state index contributed by atoms with van der Waals surface area (Å²) in [5.74, 6) is -0.753. The van der Waals surface area contributed by atoms with Crippen molar-refractivity contribution in [1.82, 2.24) is 0 Å². The first-order chi connectivity index (χ1) is 17.4. The molecule has 0 bridgehead atoms. The fourth-order valence-electron chi connectivity index (χ4n) is 4.32. The Hall–Kier alpha value is -4.30. The number of fused-ring (bicyclic) bond motifs is 3. The number of anilines is 1. The minimum absolute atomic E-state index is 0.0233. The molecule has 0 radical (unpaired) electrons. The van der Waals surface area contributed by atoms with E-state index in [0.717, 1.165) is 5.56 Å². The second-order valence-electron chi connectivity index (χ2n) is 8.07. The molecule has 3 aromatic carbocycles. The smallest absolute Gasteiger partial charge is 0.339 e. The van der Waals surface area contributed by atoms with Gasteiger partial charge in [0.2, 0.25) is 0 Å². The Kier molecular flexibility index (Phi) is 6.12. The van der Waals surface area contributed by atoms with Gasteiger partial charge in [0.25, 0.3) is 0 Å². The van der Waals surface area contributed by atoms with E-state index in [1.54, 1.807) is 11.0 Å². The lowest BCUT2D eigenvalue weighted by molar-refractivity contribution is 0.0587. The molecule has 0 saturated carbocycles. The molecular weight excluding hydrogens is 486 g/mol. The normalized spacial score (nSPS) is 12.6. The lowest BCUT2D eigenvalue weighted by atomic mass is 9.98. The Bertz CT molecular complexity index is 1560. The first kappa shape index (κ1) is 23.4. The van der Waals surface area contributed by atoms with Gasteiger partial charge in [0.05, 0.1) is 48.2 Å². The Labute approximate surface area is 210 Å². The average Bonchev–Trinajstić information content (AvgIpc) is 2.92. The summed E-state index contributed by atoms with van der Waals surface area (Å²) in [7, 11) is 2.55. The van der Waals surface area contributed by atoms with E-state index in [2.05, 4.69) is 0 Å². The highest BCUT2D eigenvalue weighted by atomic mass is 35.5. The number of methoxy groups -OCH3 is 2. The summed E-state index contributed by atoms with van der Waals surface area (Å²) < 4.78 is 21.4. The molecule has 9 heteroatoms. The summed E-state index contributed by atoms with van der Waals surface area (Å²) in [6, 6.07) is 17.1. The summed E-state index contributed by atoms with van der Waals surface area (Å²) in [5, 5.41) is 1.01. The zero-order chi connectivity index (χ0) is 25.4. The Morgan fingerprint density at radius 2 is 1.72 bits per heavy atom. The maximum Gasteiger partial charge on any atom is 0.339 e. The molecule has 182 valence electrons. The molecule has 36 heavy (non-hydrogen) atoms. The molecule has 0 spiro atoms. The summed E-state index contributed by atoms with van der Waals surface area (Å²) in [4.78, 5) is 39.0. The monoisotopic (exact) mass is 505 g/mol. The molecule has 8 nitrogen and oxygen atoms in total. The third-order valence-corrected chi connectivity index (χ3v) is 6.28. The minimum atomic E-state index is -0.582. The maximum atomic E-state index is 12.6. The van der Waals surface area contributed by atoms with Crippen molar-refractivity contribution in [3.05, 3.63) is 92.8 Å². The second-order valence-corrected chi connectivity index (χ2v) is 8.48. The van der Waals surface area contributed by atoms with Crippen molar-refractivity contribution < 1.29 is 28.2 Å². The second kappa shape index (κ2) is 9.39. The molecule has 1 aliphatic rings. The number of esters is 2. The van der Waals surface area contributed by atoms with Crippen molar-refractivity contribution >= 4 is 40.2 Å². The van der Waals surface area contributed by atoms with Gasteiger partial charge in [-0.15, -0.1) is 0 Å². The highest BCUT2D eigenvalue weighted by Gasteiger charge is 2.29. The Balaban J connectivity index is 1.68. The van der Waals surface area contributed by atoms with Gasteiger partial charge >= 0.3 is 17.6 Å². The van der Waals surface area contributed by atoms with Gasteiger partial charge in [-0.05, 0) is 35.4 Å². The number of hydrogen-bond donors (Lipinski definition) is 0. The fraction of sp³-hybridized carbons (Fsp3) is 0.148. The van der Waals surface area contributed by atoms with E-state index in [1.165, 1.54) is 38.5 Å². The highest BCUT2D eigenvalue weighted by Crippen LogP contribution is 2.42. The zero-order valence-electron chi connectivity index (χ0n) is 19.4. The number of halogens is 1. The van der Waals surface area contributed by atoms with Crippen molar-refractivity contribution in [1.29, 1.82) is 0 Å². The third-order valence-electron chi connectivity index (χ3n) is 6.00. The number of hydrogen-bond acceptors (Lipinski definition) is 8. The van der Waals surface area contributed by atoms with Crippen molar-refractivity contribution in [2.45, 2.75) is 6.54 Å². The first-order valence-electron chi connectivity index (χ1n) is 10.9. The van der Waals surface area contributed by atoms with E-state index in [0.29, 0.717) is 38.6 Å². The molecule has 0 unspecified atom stereocenters. The van der Waals surface area contributed by atoms with Crippen LogP contribution in [0.5, 0.6) is 5.75 Å². The van der Waals surface area contributed by atoms with Gasteiger partial charge in [0, 0.05) is 11.5 Å². The van der Waals surface area contributed by atoms with Gasteiger partial charge in [-0.25, -0.2) is 14.4 Å². The van der Waals surface area contributed by atoms with Gasteiger partial charge in [0.1, 0.15) is 11.3 Å². The summed E-state index contributed by atoms with van der Waals surface area (Å²) in [6.45, 7) is 0.206. The van der Waals surface area contributed by atoms with Crippen molar-refractivity contribution in [2.75, 3.05) is 25.9 Å². The van der Waals surface area contributed by atoms with Crippen LogP contribution >= 0.6 is 11.6 Å². The molecule has 0 N–H and O–H groups in total. The quantitative estimate of drug-likeness (QED) is 0.281. The predicted molar refractivity (Wildman–Crippen MR) is 134 cm³/mol. The molecule has 1 aliphatic heterocycles. The van der Waals surface area contributed by atoms with E-state index in [9.17, 15) is 14.4 Å². The average molecular weight is 506 g/mol. The van der Waals surface area contributed by atoms with Crippen LogP contribution in [0.15, 0.2) is 69.9 Å². The molecule has 2 heterocycles. The number of nitrogens with zero attached hydrogens (tertiary/aromatic N) is 1. The number of ether oxygens (including phenoxy) is 3. The van der Waals surface area contributed by atoms with Crippen molar-refractivity contribution in [3.8, 4) is 16.9 Å². The Morgan fingerprint density at radius 3 is 2.44 bits per heavy atom. The molecule has 4 aromatic rings. The topological polar surface area (TPSA) is 95.3 Å².